The highest BCUT2D eigenvalue weighted by atomic mass is 16.6. The minimum atomic E-state index is -1.03. The molecular formula is C36H39N3O5. The summed E-state index contributed by atoms with van der Waals surface area (Å²) in [4.78, 5) is 26.1. The molecule has 2 aliphatic rings. The number of hydrogen-bond acceptors (Lipinski definition) is 6. The third-order valence-electron chi connectivity index (χ3n) is 8.29. The molecule has 1 aliphatic heterocycles. The van der Waals surface area contributed by atoms with E-state index in [-0.39, 0.29) is 11.2 Å². The third-order valence-corrected chi connectivity index (χ3v) is 8.29. The maximum atomic E-state index is 13.5. The number of ether oxygens (including phenoxy) is 2. The molecule has 8 heteroatoms. The Hall–Kier alpha value is -4.59. The van der Waals surface area contributed by atoms with Crippen LogP contribution in [0.4, 0.5) is 4.79 Å². The highest BCUT2D eigenvalue weighted by Crippen LogP contribution is 2.44. The summed E-state index contributed by atoms with van der Waals surface area (Å²) >= 11 is 0. The van der Waals surface area contributed by atoms with Crippen LogP contribution in [0.1, 0.15) is 76.5 Å². The standard InChI is InChI=1S/C36H39N3O5/c1-35(2,3)44-34(41)37-32(25-15-9-5-10-16-25)33(40)39-38-31-22-27(24-13-7-4-8-14-24)28-21-26-17-20-36(18-11-6-12-19-36)43-29(26)23-30(28)42-31/h4-5,7-10,13-16,21-23,32H,6,11-12,17-20H2,1-3H3,(H,37,41)(H,39,40). The lowest BCUT2D eigenvalue weighted by Crippen LogP contribution is -2.41. The van der Waals surface area contributed by atoms with Gasteiger partial charge in [0.05, 0.1) is 0 Å². The fourth-order valence-corrected chi connectivity index (χ4v) is 6.19. The van der Waals surface area contributed by atoms with E-state index in [0.717, 1.165) is 47.9 Å². The molecule has 4 aromatic rings. The van der Waals surface area contributed by atoms with Crippen LogP contribution in [0.5, 0.6) is 5.75 Å². The van der Waals surface area contributed by atoms with Gasteiger partial charge < -0.3 is 19.2 Å². The number of rotatable bonds is 5. The minimum Gasteiger partial charge on any atom is -0.487 e. The smallest absolute Gasteiger partial charge is 0.408 e. The van der Waals surface area contributed by atoms with Gasteiger partial charge >= 0.3 is 6.09 Å². The minimum absolute atomic E-state index is 0.0925. The summed E-state index contributed by atoms with van der Waals surface area (Å²) in [6.07, 6.45) is 7.11. The van der Waals surface area contributed by atoms with Crippen molar-refractivity contribution in [2.24, 2.45) is 5.10 Å². The molecule has 2 N–H and O–H groups in total. The Morgan fingerprint density at radius 2 is 1.61 bits per heavy atom. The number of benzene rings is 3. The predicted molar refractivity (Wildman–Crippen MR) is 169 cm³/mol. The van der Waals surface area contributed by atoms with Crippen LogP contribution in [-0.4, -0.2) is 23.2 Å². The molecule has 0 saturated heterocycles. The van der Waals surface area contributed by atoms with E-state index >= 15 is 0 Å². The molecule has 0 bridgehead atoms. The number of carbonyl (C=O) groups excluding carboxylic acids is 2. The van der Waals surface area contributed by atoms with Crippen LogP contribution < -0.4 is 21.0 Å². The van der Waals surface area contributed by atoms with Gasteiger partial charge in [-0.1, -0.05) is 67.1 Å². The van der Waals surface area contributed by atoms with Gasteiger partial charge in [-0.15, -0.1) is 5.10 Å². The maximum Gasteiger partial charge on any atom is 0.408 e. The normalized spacial score (nSPS) is 16.9. The second-order valence-electron chi connectivity index (χ2n) is 12.7. The summed E-state index contributed by atoms with van der Waals surface area (Å²) in [5, 5.41) is 8.00. The van der Waals surface area contributed by atoms with Crippen LogP contribution >= 0.6 is 0 Å². The van der Waals surface area contributed by atoms with Crippen molar-refractivity contribution >= 4 is 23.0 Å². The molecular weight excluding hydrogens is 554 g/mol. The molecule has 2 heterocycles. The lowest BCUT2D eigenvalue weighted by atomic mass is 9.79. The first kappa shape index (κ1) is 29.5. The molecule has 0 radical (unpaired) electrons. The van der Waals surface area contributed by atoms with Gasteiger partial charge in [0, 0.05) is 17.5 Å². The van der Waals surface area contributed by atoms with E-state index < -0.39 is 23.6 Å². The first-order chi connectivity index (χ1) is 21.2. The van der Waals surface area contributed by atoms with E-state index in [1.54, 1.807) is 45.0 Å². The zero-order valence-electron chi connectivity index (χ0n) is 25.5. The van der Waals surface area contributed by atoms with Gasteiger partial charge in [-0.25, -0.2) is 10.2 Å². The SMILES string of the molecule is CC(C)(C)OC(=O)NC(C(=O)NN=c1cc(-c2ccccc2)c2cc3c(cc2o1)OC1(CCCCC1)CC3)c1ccccc1. The molecule has 2 amide bonds. The van der Waals surface area contributed by atoms with E-state index in [2.05, 4.69) is 21.9 Å². The highest BCUT2D eigenvalue weighted by molar-refractivity contribution is 5.94. The number of aryl methyl sites for hydroxylation is 1. The Balaban J connectivity index is 1.36. The van der Waals surface area contributed by atoms with Crippen molar-refractivity contribution in [3.8, 4) is 16.9 Å². The lowest BCUT2D eigenvalue weighted by molar-refractivity contribution is -0.123. The largest absolute Gasteiger partial charge is 0.487 e. The average molecular weight is 594 g/mol. The van der Waals surface area contributed by atoms with E-state index in [9.17, 15) is 9.59 Å². The van der Waals surface area contributed by atoms with Crippen molar-refractivity contribution in [2.45, 2.75) is 83.0 Å². The lowest BCUT2D eigenvalue weighted by Gasteiger charge is -2.41. The summed E-state index contributed by atoms with van der Waals surface area (Å²) in [5.41, 5.74) is 6.35. The fraction of sp³-hybridized carbons (Fsp3) is 0.361. The van der Waals surface area contributed by atoms with Crippen molar-refractivity contribution < 1.29 is 23.5 Å². The van der Waals surface area contributed by atoms with E-state index in [1.165, 1.54) is 24.8 Å². The summed E-state index contributed by atoms with van der Waals surface area (Å²) in [6, 6.07) is 24.0. The second-order valence-corrected chi connectivity index (χ2v) is 12.7. The Labute approximate surface area is 257 Å². The van der Waals surface area contributed by atoms with Crippen molar-refractivity contribution in [3.63, 3.8) is 0 Å². The number of alkyl carbamates (subject to hydrolysis) is 1. The Morgan fingerprint density at radius 1 is 0.909 bits per heavy atom. The average Bonchev–Trinajstić information content (AvgIpc) is 3.01. The molecule has 44 heavy (non-hydrogen) atoms. The van der Waals surface area contributed by atoms with Gasteiger partial charge in [-0.2, -0.15) is 0 Å². The molecule has 228 valence electrons. The number of fused-ring (bicyclic) bond motifs is 2. The summed E-state index contributed by atoms with van der Waals surface area (Å²) in [5.74, 6) is 0.326. The van der Waals surface area contributed by atoms with E-state index in [0.29, 0.717) is 11.1 Å². The van der Waals surface area contributed by atoms with Crippen LogP contribution in [0.3, 0.4) is 0 Å². The Morgan fingerprint density at radius 3 is 2.32 bits per heavy atom. The summed E-state index contributed by atoms with van der Waals surface area (Å²) in [7, 11) is 0. The second kappa shape index (κ2) is 12.2. The topological polar surface area (TPSA) is 102 Å². The van der Waals surface area contributed by atoms with Crippen LogP contribution in [0.25, 0.3) is 22.1 Å². The zero-order chi connectivity index (χ0) is 30.7. The number of nitrogens with zero attached hydrogens (tertiary/aromatic N) is 1. The molecule has 1 spiro atoms. The first-order valence-corrected chi connectivity index (χ1v) is 15.4. The van der Waals surface area contributed by atoms with Gasteiger partial charge in [0.25, 0.3) is 5.91 Å². The zero-order valence-corrected chi connectivity index (χ0v) is 25.5. The highest BCUT2D eigenvalue weighted by Gasteiger charge is 2.37. The van der Waals surface area contributed by atoms with Crippen LogP contribution in [0.2, 0.25) is 0 Å². The van der Waals surface area contributed by atoms with Crippen molar-refractivity contribution in [2.75, 3.05) is 0 Å². The van der Waals surface area contributed by atoms with Gasteiger partial charge in [0.15, 0.2) is 0 Å². The van der Waals surface area contributed by atoms with Crippen LogP contribution in [0, 0.1) is 0 Å². The summed E-state index contributed by atoms with van der Waals surface area (Å²) in [6.45, 7) is 5.30. The van der Waals surface area contributed by atoms with Gasteiger partial charge in [-0.05, 0) is 87.6 Å². The number of carbonyl (C=O) groups is 2. The van der Waals surface area contributed by atoms with Crippen LogP contribution in [0.15, 0.2) is 88.4 Å². The predicted octanol–water partition coefficient (Wildman–Crippen LogP) is 7.33. The van der Waals surface area contributed by atoms with Gasteiger partial charge in [0.2, 0.25) is 5.55 Å². The maximum absolute atomic E-state index is 13.5. The van der Waals surface area contributed by atoms with Gasteiger partial charge in [0.1, 0.15) is 28.6 Å². The fourth-order valence-electron chi connectivity index (χ4n) is 6.19. The van der Waals surface area contributed by atoms with Crippen LogP contribution in [-0.2, 0) is 16.0 Å². The molecule has 1 saturated carbocycles. The van der Waals surface area contributed by atoms with Crippen molar-refractivity contribution in [1.29, 1.82) is 0 Å². The van der Waals surface area contributed by atoms with E-state index in [1.807, 2.05) is 48.5 Å². The molecule has 3 aromatic carbocycles. The van der Waals surface area contributed by atoms with E-state index in [4.69, 9.17) is 13.9 Å². The number of amides is 2. The Bertz CT molecular complexity index is 1720. The molecule has 1 fully saturated rings. The number of nitrogens with one attached hydrogen (secondary N) is 2. The van der Waals surface area contributed by atoms with Crippen molar-refractivity contribution in [3.05, 3.63) is 95.5 Å². The quantitative estimate of drug-likeness (QED) is 0.236. The molecule has 1 aromatic heterocycles. The monoisotopic (exact) mass is 593 g/mol. The third kappa shape index (κ3) is 6.64. The molecule has 8 nitrogen and oxygen atoms in total. The first-order valence-electron chi connectivity index (χ1n) is 15.4. The summed E-state index contributed by atoms with van der Waals surface area (Å²) < 4.78 is 18.4. The number of hydrogen-bond donors (Lipinski definition) is 2. The molecule has 1 aliphatic carbocycles. The molecule has 1 atom stereocenters. The Kier molecular flexibility index (Phi) is 8.17. The van der Waals surface area contributed by atoms with Gasteiger partial charge in [-0.3, -0.25) is 4.79 Å². The molecule has 6 rings (SSSR count). The molecule has 1 unspecified atom stereocenters. The van der Waals surface area contributed by atoms with Crippen molar-refractivity contribution in [1.82, 2.24) is 10.7 Å².